The SMILES string of the molecule is PC(Cc1ccccc1)(Cc1ccccc1)c1ccccc1Cc1ccccc1. The molecule has 0 amide bonds. The van der Waals surface area contributed by atoms with Gasteiger partial charge in [0, 0.05) is 5.16 Å². The highest BCUT2D eigenvalue weighted by Crippen LogP contribution is 2.41. The Morgan fingerprint density at radius 3 is 1.41 bits per heavy atom. The van der Waals surface area contributed by atoms with Crippen molar-refractivity contribution in [3.63, 3.8) is 0 Å². The Balaban J connectivity index is 1.74. The van der Waals surface area contributed by atoms with Crippen LogP contribution in [0.2, 0.25) is 0 Å². The summed E-state index contributed by atoms with van der Waals surface area (Å²) in [6.45, 7) is 0. The molecule has 0 aliphatic heterocycles. The summed E-state index contributed by atoms with van der Waals surface area (Å²) in [4.78, 5) is 0. The Kier molecular flexibility index (Phi) is 6.23. The second kappa shape index (κ2) is 9.21. The van der Waals surface area contributed by atoms with E-state index in [2.05, 4.69) is 125 Å². The van der Waals surface area contributed by atoms with Gasteiger partial charge in [0.2, 0.25) is 0 Å². The molecule has 0 aliphatic carbocycles. The molecule has 0 radical (unpaired) electrons. The molecule has 0 bridgehead atoms. The van der Waals surface area contributed by atoms with Gasteiger partial charge in [-0.1, -0.05) is 115 Å². The topological polar surface area (TPSA) is 0 Å². The minimum absolute atomic E-state index is 0.0614. The molecule has 1 heteroatoms. The zero-order valence-electron chi connectivity index (χ0n) is 16.7. The van der Waals surface area contributed by atoms with E-state index in [-0.39, 0.29) is 5.16 Å². The highest BCUT2D eigenvalue weighted by atomic mass is 31.0. The first-order valence-electron chi connectivity index (χ1n) is 10.2. The van der Waals surface area contributed by atoms with Gasteiger partial charge in [-0.2, -0.15) is 0 Å². The lowest BCUT2D eigenvalue weighted by Crippen LogP contribution is -2.26. The van der Waals surface area contributed by atoms with Gasteiger partial charge in [0.25, 0.3) is 0 Å². The summed E-state index contributed by atoms with van der Waals surface area (Å²) in [6.07, 6.45) is 2.93. The first-order valence-corrected chi connectivity index (χ1v) is 10.8. The fourth-order valence-corrected chi connectivity index (χ4v) is 4.90. The van der Waals surface area contributed by atoms with Crippen molar-refractivity contribution in [2.24, 2.45) is 0 Å². The third-order valence-corrected chi connectivity index (χ3v) is 6.24. The minimum Gasteiger partial charge on any atom is -0.126 e. The van der Waals surface area contributed by atoms with Crippen molar-refractivity contribution in [1.29, 1.82) is 0 Å². The van der Waals surface area contributed by atoms with Gasteiger partial charge in [-0.15, -0.1) is 9.24 Å². The van der Waals surface area contributed by atoms with E-state index in [1.807, 2.05) is 0 Å². The third-order valence-electron chi connectivity index (χ3n) is 5.52. The van der Waals surface area contributed by atoms with Gasteiger partial charge in [0.1, 0.15) is 0 Å². The van der Waals surface area contributed by atoms with Gasteiger partial charge in [-0.25, -0.2) is 0 Å². The van der Waals surface area contributed by atoms with Crippen LogP contribution in [-0.4, -0.2) is 0 Å². The van der Waals surface area contributed by atoms with Crippen molar-refractivity contribution in [1.82, 2.24) is 0 Å². The lowest BCUT2D eigenvalue weighted by atomic mass is 9.82. The van der Waals surface area contributed by atoms with Crippen LogP contribution in [0.1, 0.15) is 27.8 Å². The number of rotatable bonds is 7. The second-order valence-corrected chi connectivity index (χ2v) is 8.91. The maximum atomic E-state index is 3.23. The van der Waals surface area contributed by atoms with Crippen LogP contribution in [0.3, 0.4) is 0 Å². The number of benzene rings is 4. The molecule has 0 aliphatic rings. The van der Waals surface area contributed by atoms with Crippen LogP contribution in [-0.2, 0) is 24.4 Å². The minimum atomic E-state index is -0.0614. The quantitative estimate of drug-likeness (QED) is 0.301. The van der Waals surface area contributed by atoms with Crippen LogP contribution in [0.15, 0.2) is 115 Å². The van der Waals surface area contributed by atoms with E-state index in [1.54, 1.807) is 0 Å². The smallest absolute Gasteiger partial charge is 0.0180 e. The largest absolute Gasteiger partial charge is 0.126 e. The molecule has 0 nitrogen and oxygen atoms in total. The van der Waals surface area contributed by atoms with Crippen LogP contribution in [0, 0.1) is 0 Å². The van der Waals surface area contributed by atoms with Crippen molar-refractivity contribution >= 4 is 9.24 Å². The van der Waals surface area contributed by atoms with Crippen LogP contribution in [0.25, 0.3) is 0 Å². The van der Waals surface area contributed by atoms with E-state index in [1.165, 1.54) is 27.8 Å². The lowest BCUT2D eigenvalue weighted by Gasteiger charge is -2.33. The van der Waals surface area contributed by atoms with E-state index >= 15 is 0 Å². The second-order valence-electron chi connectivity index (χ2n) is 7.80. The van der Waals surface area contributed by atoms with Crippen molar-refractivity contribution in [2.45, 2.75) is 24.4 Å². The highest BCUT2D eigenvalue weighted by molar-refractivity contribution is 7.18. The zero-order chi connectivity index (χ0) is 19.9. The van der Waals surface area contributed by atoms with Crippen molar-refractivity contribution < 1.29 is 0 Å². The third kappa shape index (κ3) is 5.03. The zero-order valence-corrected chi connectivity index (χ0v) is 17.8. The maximum Gasteiger partial charge on any atom is 0.0180 e. The average molecular weight is 394 g/mol. The Morgan fingerprint density at radius 1 is 0.483 bits per heavy atom. The van der Waals surface area contributed by atoms with Gasteiger partial charge >= 0.3 is 0 Å². The number of hydrogen-bond donors (Lipinski definition) is 0. The van der Waals surface area contributed by atoms with Gasteiger partial charge in [-0.3, -0.25) is 0 Å². The summed E-state index contributed by atoms with van der Waals surface area (Å²) < 4.78 is 0. The molecule has 0 heterocycles. The van der Waals surface area contributed by atoms with E-state index in [4.69, 9.17) is 0 Å². The molecule has 0 fully saturated rings. The Hall–Kier alpha value is -2.69. The van der Waals surface area contributed by atoms with Gasteiger partial charge in [-0.05, 0) is 47.1 Å². The van der Waals surface area contributed by atoms with Crippen LogP contribution in [0.4, 0.5) is 0 Å². The van der Waals surface area contributed by atoms with E-state index in [9.17, 15) is 0 Å². The molecule has 1 unspecified atom stereocenters. The van der Waals surface area contributed by atoms with Crippen molar-refractivity contribution in [2.75, 3.05) is 0 Å². The van der Waals surface area contributed by atoms with E-state index in [0.717, 1.165) is 19.3 Å². The Morgan fingerprint density at radius 2 is 0.897 bits per heavy atom. The van der Waals surface area contributed by atoms with Crippen LogP contribution >= 0.6 is 9.24 Å². The molecule has 144 valence electrons. The number of hydrogen-bond acceptors (Lipinski definition) is 0. The first-order chi connectivity index (χ1) is 14.2. The first kappa shape index (κ1) is 19.6. The normalized spacial score (nSPS) is 11.3. The maximum absolute atomic E-state index is 3.23. The summed E-state index contributed by atoms with van der Waals surface area (Å²) in [5, 5.41) is -0.0614. The highest BCUT2D eigenvalue weighted by Gasteiger charge is 2.30. The van der Waals surface area contributed by atoms with E-state index < -0.39 is 0 Å². The molecular formula is C28H27P. The van der Waals surface area contributed by atoms with Crippen LogP contribution in [0.5, 0.6) is 0 Å². The summed E-state index contributed by atoms with van der Waals surface area (Å²) in [7, 11) is 3.23. The van der Waals surface area contributed by atoms with Crippen LogP contribution < -0.4 is 0 Å². The lowest BCUT2D eigenvalue weighted by molar-refractivity contribution is 0.608. The van der Waals surface area contributed by atoms with Gasteiger partial charge < -0.3 is 0 Å². The molecule has 4 rings (SSSR count). The van der Waals surface area contributed by atoms with Crippen molar-refractivity contribution in [3.05, 3.63) is 143 Å². The average Bonchev–Trinajstić information content (AvgIpc) is 2.76. The Labute approximate surface area is 176 Å². The Bertz CT molecular complexity index is 982. The molecular weight excluding hydrogens is 367 g/mol. The molecule has 0 saturated heterocycles. The fourth-order valence-electron chi connectivity index (χ4n) is 4.15. The van der Waals surface area contributed by atoms with Crippen molar-refractivity contribution in [3.8, 4) is 0 Å². The summed E-state index contributed by atoms with van der Waals surface area (Å²) >= 11 is 0. The monoisotopic (exact) mass is 394 g/mol. The summed E-state index contributed by atoms with van der Waals surface area (Å²) in [5.41, 5.74) is 6.91. The molecule has 0 aromatic heterocycles. The molecule has 4 aromatic rings. The summed E-state index contributed by atoms with van der Waals surface area (Å²) in [6, 6.07) is 41.4. The molecule has 4 aromatic carbocycles. The molecule has 0 saturated carbocycles. The standard InChI is InChI=1S/C28H27P/c29-28(21-24-14-6-2-7-15-24,22-25-16-8-3-9-17-25)27-19-11-10-18-26(27)20-23-12-4-1-5-13-23/h1-19H,20-22,29H2. The predicted octanol–water partition coefficient (Wildman–Crippen LogP) is 6.83. The fraction of sp³-hybridized carbons (Fsp3) is 0.143. The molecule has 0 N–H and O–H groups in total. The predicted molar refractivity (Wildman–Crippen MR) is 127 cm³/mol. The van der Waals surface area contributed by atoms with E-state index in [0.29, 0.717) is 0 Å². The molecule has 0 spiro atoms. The van der Waals surface area contributed by atoms with Gasteiger partial charge in [0.05, 0.1) is 0 Å². The molecule has 29 heavy (non-hydrogen) atoms. The summed E-state index contributed by atoms with van der Waals surface area (Å²) in [5.74, 6) is 0. The molecule has 1 atom stereocenters. The van der Waals surface area contributed by atoms with Gasteiger partial charge in [0.15, 0.2) is 0 Å².